The third kappa shape index (κ3) is 7.46. The van der Waals surface area contributed by atoms with Gasteiger partial charge >= 0.3 is 0 Å². The standard InChI is InChI=1S/C17H25N5O3S.HI/c1-3-13-6-5-7-14(4-2)16(13)21-17(18)19-9-10-20-26(23,24)12-15-8-11-25-22-15;/h5-8,11,20H,3-4,9-10,12H2,1-2H3,(H3,18,19,21);1H. The highest BCUT2D eigenvalue weighted by Crippen LogP contribution is 2.22. The lowest BCUT2D eigenvalue weighted by Crippen LogP contribution is -2.29. The fourth-order valence-corrected chi connectivity index (χ4v) is 3.55. The summed E-state index contributed by atoms with van der Waals surface area (Å²) in [6, 6.07) is 7.63. The van der Waals surface area contributed by atoms with Crippen LogP contribution in [0.5, 0.6) is 0 Å². The molecule has 1 aromatic carbocycles. The summed E-state index contributed by atoms with van der Waals surface area (Å²) in [4.78, 5) is 4.19. The van der Waals surface area contributed by atoms with Crippen molar-refractivity contribution in [2.24, 2.45) is 10.7 Å². The van der Waals surface area contributed by atoms with Gasteiger partial charge in [-0.05, 0) is 24.0 Å². The molecule has 0 saturated carbocycles. The predicted molar refractivity (Wildman–Crippen MR) is 118 cm³/mol. The van der Waals surface area contributed by atoms with Crippen LogP contribution in [-0.4, -0.2) is 32.6 Å². The van der Waals surface area contributed by atoms with Crippen molar-refractivity contribution in [1.82, 2.24) is 9.88 Å². The van der Waals surface area contributed by atoms with E-state index in [0.717, 1.165) is 29.7 Å². The number of hydrogen-bond donors (Lipinski definition) is 3. The number of guanidine groups is 1. The Morgan fingerprint density at radius 2 is 1.89 bits per heavy atom. The Hall–Kier alpha value is -1.66. The van der Waals surface area contributed by atoms with Gasteiger partial charge in [-0.2, -0.15) is 0 Å². The number of sulfonamides is 1. The van der Waals surface area contributed by atoms with E-state index in [4.69, 9.17) is 5.73 Å². The van der Waals surface area contributed by atoms with Crippen LogP contribution >= 0.6 is 24.0 Å². The minimum absolute atomic E-state index is 0. The second kappa shape index (κ2) is 11.2. The summed E-state index contributed by atoms with van der Waals surface area (Å²) in [5.41, 5.74) is 9.61. The molecule has 0 amide bonds. The molecule has 0 bridgehead atoms. The lowest BCUT2D eigenvalue weighted by Gasteiger charge is -2.14. The zero-order valence-electron chi connectivity index (χ0n) is 15.4. The van der Waals surface area contributed by atoms with E-state index in [9.17, 15) is 8.42 Å². The molecule has 0 aliphatic heterocycles. The Morgan fingerprint density at radius 1 is 1.22 bits per heavy atom. The second-order valence-corrected chi connectivity index (χ2v) is 7.50. The molecule has 10 heteroatoms. The van der Waals surface area contributed by atoms with Crippen LogP contribution in [-0.2, 0) is 28.6 Å². The third-order valence-electron chi connectivity index (χ3n) is 3.80. The zero-order valence-corrected chi connectivity index (χ0v) is 18.6. The number of nitrogens with zero attached hydrogens (tertiary/aromatic N) is 2. The molecule has 1 aromatic heterocycles. The fraction of sp³-hybridized carbons (Fsp3) is 0.412. The van der Waals surface area contributed by atoms with Crippen LogP contribution in [0.15, 0.2) is 40.0 Å². The van der Waals surface area contributed by atoms with Crippen molar-refractivity contribution >= 4 is 45.6 Å². The molecule has 150 valence electrons. The van der Waals surface area contributed by atoms with Gasteiger partial charge in [-0.3, -0.25) is 4.99 Å². The number of nitrogens with two attached hydrogens (primary N) is 1. The molecule has 8 nitrogen and oxygen atoms in total. The monoisotopic (exact) mass is 507 g/mol. The maximum atomic E-state index is 11.9. The smallest absolute Gasteiger partial charge is 0.217 e. The first-order valence-corrected chi connectivity index (χ1v) is 10.1. The normalized spacial score (nSPS) is 11.9. The number of aryl methyl sites for hydroxylation is 2. The van der Waals surface area contributed by atoms with E-state index in [2.05, 4.69) is 38.6 Å². The van der Waals surface area contributed by atoms with Gasteiger partial charge in [0, 0.05) is 18.3 Å². The molecule has 0 atom stereocenters. The summed E-state index contributed by atoms with van der Waals surface area (Å²) in [6.07, 6.45) is 3.09. The van der Waals surface area contributed by atoms with E-state index in [1.54, 1.807) is 0 Å². The van der Waals surface area contributed by atoms with Crippen LogP contribution in [0.3, 0.4) is 0 Å². The summed E-state index contributed by atoms with van der Waals surface area (Å²) >= 11 is 0. The summed E-state index contributed by atoms with van der Waals surface area (Å²) in [5, 5.41) is 6.73. The maximum absolute atomic E-state index is 11.9. The van der Waals surface area contributed by atoms with Crippen LogP contribution in [0.2, 0.25) is 0 Å². The third-order valence-corrected chi connectivity index (χ3v) is 5.12. The molecular weight excluding hydrogens is 481 g/mol. The fourth-order valence-electron chi connectivity index (χ4n) is 2.51. The number of aliphatic imine (C=N–C) groups is 1. The summed E-state index contributed by atoms with van der Waals surface area (Å²) in [6.45, 7) is 4.54. The van der Waals surface area contributed by atoms with Crippen molar-refractivity contribution in [2.45, 2.75) is 32.4 Å². The van der Waals surface area contributed by atoms with Gasteiger partial charge in [0.25, 0.3) is 0 Å². The molecule has 0 unspecified atom stereocenters. The summed E-state index contributed by atoms with van der Waals surface area (Å²) in [7, 11) is -3.49. The molecule has 0 fully saturated rings. The van der Waals surface area contributed by atoms with Gasteiger partial charge in [0.1, 0.15) is 12.0 Å². The van der Waals surface area contributed by atoms with E-state index >= 15 is 0 Å². The van der Waals surface area contributed by atoms with Gasteiger partial charge in [0.05, 0.1) is 12.2 Å². The Bertz CT molecular complexity index is 816. The molecule has 2 aromatic rings. The SMILES string of the molecule is CCc1cccc(CC)c1NC(N)=NCCNS(=O)(=O)Cc1ccon1.I. The second-order valence-electron chi connectivity index (χ2n) is 5.69. The largest absolute Gasteiger partial charge is 0.370 e. The highest BCUT2D eigenvalue weighted by Gasteiger charge is 2.13. The quantitative estimate of drug-likeness (QED) is 0.207. The number of hydrogen-bond acceptors (Lipinski definition) is 5. The number of halogens is 1. The van der Waals surface area contributed by atoms with Crippen LogP contribution in [0, 0.1) is 0 Å². The van der Waals surface area contributed by atoms with Crippen LogP contribution in [0.4, 0.5) is 5.69 Å². The first-order chi connectivity index (χ1) is 12.4. The van der Waals surface area contributed by atoms with Gasteiger partial charge in [0.15, 0.2) is 5.96 Å². The Morgan fingerprint density at radius 3 is 2.44 bits per heavy atom. The number of anilines is 1. The van der Waals surface area contributed by atoms with E-state index < -0.39 is 10.0 Å². The predicted octanol–water partition coefficient (Wildman–Crippen LogP) is 2.26. The minimum Gasteiger partial charge on any atom is -0.370 e. The molecule has 2 rings (SSSR count). The number of para-hydroxylation sites is 1. The molecule has 0 radical (unpaired) electrons. The first kappa shape index (κ1) is 23.4. The number of rotatable bonds is 9. The number of nitrogens with one attached hydrogen (secondary N) is 2. The van der Waals surface area contributed by atoms with E-state index in [1.807, 2.05) is 18.2 Å². The highest BCUT2D eigenvalue weighted by atomic mass is 127. The van der Waals surface area contributed by atoms with Crippen molar-refractivity contribution in [3.05, 3.63) is 47.3 Å². The Kier molecular flexibility index (Phi) is 9.74. The Labute approximate surface area is 177 Å². The number of aromatic nitrogens is 1. The van der Waals surface area contributed by atoms with Crippen LogP contribution in [0.1, 0.15) is 30.7 Å². The molecule has 27 heavy (non-hydrogen) atoms. The Balaban J connectivity index is 0.00000364. The molecule has 0 aliphatic carbocycles. The summed E-state index contributed by atoms with van der Waals surface area (Å²) in [5.74, 6) is 0.0290. The molecule has 0 aliphatic rings. The topological polar surface area (TPSA) is 123 Å². The molecule has 1 heterocycles. The van der Waals surface area contributed by atoms with Crippen molar-refractivity contribution in [2.75, 3.05) is 18.4 Å². The van der Waals surface area contributed by atoms with Gasteiger partial charge < -0.3 is 15.6 Å². The lowest BCUT2D eigenvalue weighted by atomic mass is 10.0. The van der Waals surface area contributed by atoms with Gasteiger partial charge in [0.2, 0.25) is 10.0 Å². The minimum atomic E-state index is -3.49. The number of benzene rings is 1. The van der Waals surface area contributed by atoms with Crippen LogP contribution in [0.25, 0.3) is 0 Å². The van der Waals surface area contributed by atoms with Gasteiger partial charge in [-0.1, -0.05) is 37.2 Å². The molecular formula is C17H26IN5O3S. The average molecular weight is 507 g/mol. The van der Waals surface area contributed by atoms with E-state index in [-0.39, 0.29) is 48.8 Å². The average Bonchev–Trinajstić information content (AvgIpc) is 3.11. The van der Waals surface area contributed by atoms with Crippen molar-refractivity contribution in [3.8, 4) is 0 Å². The molecule has 0 spiro atoms. The van der Waals surface area contributed by atoms with E-state index in [1.165, 1.54) is 12.3 Å². The maximum Gasteiger partial charge on any atom is 0.217 e. The molecule has 4 N–H and O–H groups in total. The first-order valence-electron chi connectivity index (χ1n) is 8.49. The summed E-state index contributed by atoms with van der Waals surface area (Å²) < 4.78 is 30.9. The van der Waals surface area contributed by atoms with Gasteiger partial charge in [-0.15, -0.1) is 24.0 Å². The van der Waals surface area contributed by atoms with Crippen molar-refractivity contribution in [1.29, 1.82) is 0 Å². The highest BCUT2D eigenvalue weighted by molar-refractivity contribution is 14.0. The van der Waals surface area contributed by atoms with E-state index in [0.29, 0.717) is 5.69 Å². The van der Waals surface area contributed by atoms with Crippen molar-refractivity contribution < 1.29 is 12.9 Å². The zero-order chi connectivity index (χ0) is 19.0. The molecule has 0 saturated heterocycles. The van der Waals surface area contributed by atoms with Gasteiger partial charge in [-0.25, -0.2) is 13.1 Å². The lowest BCUT2D eigenvalue weighted by molar-refractivity contribution is 0.413. The van der Waals surface area contributed by atoms with Crippen molar-refractivity contribution in [3.63, 3.8) is 0 Å². The van der Waals surface area contributed by atoms with Crippen LogP contribution < -0.4 is 15.8 Å².